The van der Waals surface area contributed by atoms with Gasteiger partial charge in [-0.3, -0.25) is 4.79 Å². The van der Waals surface area contributed by atoms with E-state index in [1.165, 1.54) is 11.3 Å². The zero-order chi connectivity index (χ0) is 11.4. The zero-order valence-electron chi connectivity index (χ0n) is 8.84. The summed E-state index contributed by atoms with van der Waals surface area (Å²) in [6.45, 7) is 1.76. The Bertz CT molecular complexity index is 479. The molecule has 0 aliphatic heterocycles. The van der Waals surface area contributed by atoms with Gasteiger partial charge in [-0.2, -0.15) is 0 Å². The summed E-state index contributed by atoms with van der Waals surface area (Å²) in [6.07, 6.45) is 0.361. The maximum Gasteiger partial charge on any atom is 0.312 e. The molecule has 0 radical (unpaired) electrons. The predicted octanol–water partition coefficient (Wildman–Crippen LogP) is 3.13. The van der Waals surface area contributed by atoms with Gasteiger partial charge in [-0.1, -0.05) is 48.6 Å². The SMILES string of the molecule is CCC(=O)Oc1nc(-c2ccccc2)cs1. The van der Waals surface area contributed by atoms with Gasteiger partial charge in [0.25, 0.3) is 5.19 Å². The monoisotopic (exact) mass is 233 g/mol. The number of carbonyl (C=O) groups is 1. The summed E-state index contributed by atoms with van der Waals surface area (Å²) in [6, 6.07) is 9.80. The number of nitrogens with zero attached hydrogens (tertiary/aromatic N) is 1. The summed E-state index contributed by atoms with van der Waals surface area (Å²) < 4.78 is 5.03. The lowest BCUT2D eigenvalue weighted by molar-refractivity contribution is -0.134. The molecular weight excluding hydrogens is 222 g/mol. The molecule has 0 saturated carbocycles. The molecule has 0 aliphatic rings. The highest BCUT2D eigenvalue weighted by molar-refractivity contribution is 7.11. The average molecular weight is 233 g/mol. The smallest absolute Gasteiger partial charge is 0.312 e. The molecule has 16 heavy (non-hydrogen) atoms. The van der Waals surface area contributed by atoms with Gasteiger partial charge in [-0.25, -0.2) is 4.98 Å². The van der Waals surface area contributed by atoms with E-state index in [9.17, 15) is 4.79 Å². The summed E-state index contributed by atoms with van der Waals surface area (Å²) in [7, 11) is 0. The fourth-order valence-corrected chi connectivity index (χ4v) is 1.91. The zero-order valence-corrected chi connectivity index (χ0v) is 9.66. The third kappa shape index (κ3) is 2.46. The maximum atomic E-state index is 11.1. The lowest BCUT2D eigenvalue weighted by Crippen LogP contribution is -2.04. The van der Waals surface area contributed by atoms with E-state index in [4.69, 9.17) is 4.74 Å². The highest BCUT2D eigenvalue weighted by Gasteiger charge is 2.07. The average Bonchev–Trinajstić information content (AvgIpc) is 2.78. The lowest BCUT2D eigenvalue weighted by Gasteiger charge is -1.96. The van der Waals surface area contributed by atoms with E-state index in [1.807, 2.05) is 35.7 Å². The molecule has 1 heterocycles. The van der Waals surface area contributed by atoms with Crippen LogP contribution < -0.4 is 4.74 Å². The fourth-order valence-electron chi connectivity index (χ4n) is 1.22. The number of benzene rings is 1. The quantitative estimate of drug-likeness (QED) is 0.764. The highest BCUT2D eigenvalue weighted by Crippen LogP contribution is 2.26. The van der Waals surface area contributed by atoms with Crippen molar-refractivity contribution in [3.8, 4) is 16.5 Å². The largest absolute Gasteiger partial charge is 0.398 e. The normalized spacial score (nSPS) is 10.1. The Labute approximate surface area is 97.7 Å². The molecule has 3 nitrogen and oxygen atoms in total. The van der Waals surface area contributed by atoms with E-state index in [0.29, 0.717) is 11.6 Å². The molecule has 0 unspecified atom stereocenters. The van der Waals surface area contributed by atoms with Crippen molar-refractivity contribution in [1.82, 2.24) is 4.98 Å². The van der Waals surface area contributed by atoms with Crippen LogP contribution in [0.4, 0.5) is 0 Å². The van der Waals surface area contributed by atoms with Gasteiger partial charge in [0.05, 0.1) is 5.69 Å². The Morgan fingerprint density at radius 3 is 2.81 bits per heavy atom. The molecular formula is C12H11NO2S. The number of rotatable bonds is 3. The third-order valence-corrected chi connectivity index (χ3v) is 2.76. The van der Waals surface area contributed by atoms with Gasteiger partial charge >= 0.3 is 5.97 Å². The molecule has 0 aliphatic carbocycles. The van der Waals surface area contributed by atoms with Crippen LogP contribution in [0.2, 0.25) is 0 Å². The Morgan fingerprint density at radius 2 is 2.12 bits per heavy atom. The van der Waals surface area contributed by atoms with Gasteiger partial charge in [0.15, 0.2) is 0 Å². The van der Waals surface area contributed by atoms with Gasteiger partial charge in [-0.05, 0) is 0 Å². The third-order valence-electron chi connectivity index (χ3n) is 2.04. The topological polar surface area (TPSA) is 39.2 Å². The van der Waals surface area contributed by atoms with Gasteiger partial charge in [0, 0.05) is 17.4 Å². The van der Waals surface area contributed by atoms with Gasteiger partial charge < -0.3 is 4.74 Å². The molecule has 0 atom stereocenters. The maximum absolute atomic E-state index is 11.1. The van der Waals surface area contributed by atoms with Crippen molar-refractivity contribution < 1.29 is 9.53 Å². The summed E-state index contributed by atoms with van der Waals surface area (Å²) in [5, 5.41) is 2.29. The van der Waals surface area contributed by atoms with E-state index in [0.717, 1.165) is 11.3 Å². The number of ether oxygens (including phenoxy) is 1. The van der Waals surface area contributed by atoms with Crippen LogP contribution in [0.25, 0.3) is 11.3 Å². The molecule has 0 spiro atoms. The van der Waals surface area contributed by atoms with Crippen molar-refractivity contribution in [1.29, 1.82) is 0 Å². The van der Waals surface area contributed by atoms with Crippen LogP contribution in [0.5, 0.6) is 5.19 Å². The van der Waals surface area contributed by atoms with E-state index in [1.54, 1.807) is 6.92 Å². The number of thiazole rings is 1. The Kier molecular flexibility index (Phi) is 3.31. The molecule has 0 saturated heterocycles. The minimum absolute atomic E-state index is 0.256. The van der Waals surface area contributed by atoms with E-state index in [-0.39, 0.29) is 5.97 Å². The number of esters is 1. The second kappa shape index (κ2) is 4.90. The van der Waals surface area contributed by atoms with Crippen LogP contribution in [-0.2, 0) is 4.79 Å². The minimum atomic E-state index is -0.256. The van der Waals surface area contributed by atoms with Crippen LogP contribution >= 0.6 is 11.3 Å². The first-order valence-electron chi connectivity index (χ1n) is 5.01. The van der Waals surface area contributed by atoms with Crippen molar-refractivity contribution in [3.05, 3.63) is 35.7 Å². The second-order valence-corrected chi connectivity index (χ2v) is 4.01. The number of aromatic nitrogens is 1. The van der Waals surface area contributed by atoms with Crippen LogP contribution in [0.1, 0.15) is 13.3 Å². The summed E-state index contributed by atoms with van der Waals surface area (Å²) in [4.78, 5) is 15.3. The van der Waals surface area contributed by atoms with E-state index in [2.05, 4.69) is 4.98 Å². The number of hydrogen-bond acceptors (Lipinski definition) is 4. The Hall–Kier alpha value is -1.68. The Morgan fingerprint density at radius 1 is 1.38 bits per heavy atom. The fraction of sp³-hybridized carbons (Fsp3) is 0.167. The molecule has 0 amide bonds. The minimum Gasteiger partial charge on any atom is -0.398 e. The van der Waals surface area contributed by atoms with Gasteiger partial charge in [-0.15, -0.1) is 0 Å². The molecule has 2 aromatic rings. The van der Waals surface area contributed by atoms with Crippen molar-refractivity contribution in [3.63, 3.8) is 0 Å². The van der Waals surface area contributed by atoms with Crippen molar-refractivity contribution in [2.45, 2.75) is 13.3 Å². The summed E-state index contributed by atoms with van der Waals surface area (Å²) >= 11 is 1.33. The Balaban J connectivity index is 2.17. The van der Waals surface area contributed by atoms with Gasteiger partial charge in [0.1, 0.15) is 0 Å². The molecule has 1 aromatic carbocycles. The molecule has 0 bridgehead atoms. The molecule has 1 aromatic heterocycles. The second-order valence-electron chi connectivity index (χ2n) is 3.19. The highest BCUT2D eigenvalue weighted by atomic mass is 32.1. The van der Waals surface area contributed by atoms with Crippen molar-refractivity contribution in [2.24, 2.45) is 0 Å². The van der Waals surface area contributed by atoms with E-state index < -0.39 is 0 Å². The molecule has 82 valence electrons. The van der Waals surface area contributed by atoms with Crippen molar-refractivity contribution >= 4 is 17.3 Å². The van der Waals surface area contributed by atoms with Crippen molar-refractivity contribution in [2.75, 3.05) is 0 Å². The number of hydrogen-bond donors (Lipinski definition) is 0. The summed E-state index contributed by atoms with van der Waals surface area (Å²) in [5.41, 5.74) is 1.86. The summed E-state index contributed by atoms with van der Waals surface area (Å²) in [5.74, 6) is -0.256. The molecule has 2 rings (SSSR count). The molecule has 4 heteroatoms. The lowest BCUT2D eigenvalue weighted by atomic mass is 10.2. The molecule has 0 N–H and O–H groups in total. The first kappa shape index (κ1) is 10.8. The number of carbonyl (C=O) groups excluding carboxylic acids is 1. The van der Waals surface area contributed by atoms with Crippen LogP contribution in [0, 0.1) is 0 Å². The first-order chi connectivity index (χ1) is 7.79. The first-order valence-corrected chi connectivity index (χ1v) is 5.89. The predicted molar refractivity (Wildman–Crippen MR) is 63.5 cm³/mol. The standard InChI is InChI=1S/C12H11NO2S/c1-2-11(14)15-12-13-10(8-16-12)9-6-4-3-5-7-9/h3-8H,2H2,1H3. The molecule has 0 fully saturated rings. The van der Waals surface area contributed by atoms with Crippen LogP contribution in [0.15, 0.2) is 35.7 Å². The van der Waals surface area contributed by atoms with Crippen LogP contribution in [0.3, 0.4) is 0 Å². The van der Waals surface area contributed by atoms with E-state index >= 15 is 0 Å². The van der Waals surface area contributed by atoms with Gasteiger partial charge in [0.2, 0.25) is 0 Å². The van der Waals surface area contributed by atoms with Crippen LogP contribution in [-0.4, -0.2) is 11.0 Å².